The molecule has 0 spiro atoms. The molecular formula is C14H14N2. The zero-order chi connectivity index (χ0) is 10.8. The van der Waals surface area contributed by atoms with Gasteiger partial charge >= 0.3 is 0 Å². The average Bonchev–Trinajstić information content (AvgIpc) is 2.30. The Bertz CT molecular complexity index is 407. The van der Waals surface area contributed by atoms with Crippen LogP contribution in [0.25, 0.3) is 0 Å². The van der Waals surface area contributed by atoms with Gasteiger partial charge in [0, 0.05) is 24.5 Å². The molecule has 1 saturated carbocycles. The van der Waals surface area contributed by atoms with Crippen LogP contribution in [0.1, 0.15) is 35.9 Å². The molecule has 1 aromatic heterocycles. The van der Waals surface area contributed by atoms with E-state index in [9.17, 15) is 0 Å². The van der Waals surface area contributed by atoms with Crippen molar-refractivity contribution in [1.82, 2.24) is 9.97 Å². The predicted octanol–water partition coefficient (Wildman–Crippen LogP) is 3.14. The first kappa shape index (κ1) is 9.52. The normalized spacial score (nSPS) is 23.8. The molecule has 3 rings (SSSR count). The van der Waals surface area contributed by atoms with Crippen molar-refractivity contribution in [2.45, 2.75) is 24.7 Å². The molecule has 1 aliphatic carbocycles. The molecule has 0 amide bonds. The molecule has 2 atom stereocenters. The summed E-state index contributed by atoms with van der Waals surface area (Å²) < 4.78 is 0. The van der Waals surface area contributed by atoms with E-state index in [1.54, 1.807) is 12.4 Å². The summed E-state index contributed by atoms with van der Waals surface area (Å²) in [5.74, 6) is 1.20. The Morgan fingerprint density at radius 3 is 2.38 bits per heavy atom. The van der Waals surface area contributed by atoms with Crippen LogP contribution in [-0.4, -0.2) is 9.97 Å². The molecule has 16 heavy (non-hydrogen) atoms. The second-order valence-corrected chi connectivity index (χ2v) is 4.33. The maximum atomic E-state index is 4.41. The molecular weight excluding hydrogens is 196 g/mol. The first-order valence-corrected chi connectivity index (χ1v) is 5.76. The maximum absolute atomic E-state index is 4.41. The topological polar surface area (TPSA) is 25.8 Å². The third kappa shape index (κ3) is 1.60. The average molecular weight is 210 g/mol. The summed E-state index contributed by atoms with van der Waals surface area (Å²) in [6.45, 7) is 0. The number of hydrogen-bond donors (Lipinski definition) is 0. The van der Waals surface area contributed by atoms with Crippen LogP contribution < -0.4 is 0 Å². The largest absolute Gasteiger partial charge is 0.261 e. The second-order valence-electron chi connectivity index (χ2n) is 4.33. The van der Waals surface area contributed by atoms with Gasteiger partial charge in [-0.15, -0.1) is 0 Å². The van der Waals surface area contributed by atoms with E-state index in [-0.39, 0.29) is 0 Å². The predicted molar refractivity (Wildman–Crippen MR) is 63.2 cm³/mol. The van der Waals surface area contributed by atoms with Gasteiger partial charge in [-0.3, -0.25) is 9.97 Å². The van der Waals surface area contributed by atoms with Gasteiger partial charge in [-0.1, -0.05) is 30.3 Å². The summed E-state index contributed by atoms with van der Waals surface area (Å²) >= 11 is 0. The summed E-state index contributed by atoms with van der Waals surface area (Å²) in [6.07, 6.45) is 7.93. The quantitative estimate of drug-likeness (QED) is 0.761. The standard InChI is InChI=1S/C14H14N2/c1-2-4-11(5-3-1)12-6-7-13(12)14-10-15-8-9-16-14/h1-5,8-10,12-13H,6-7H2. The Hall–Kier alpha value is -1.70. The highest BCUT2D eigenvalue weighted by Crippen LogP contribution is 2.47. The van der Waals surface area contributed by atoms with E-state index in [1.807, 2.05) is 6.20 Å². The number of benzene rings is 1. The van der Waals surface area contributed by atoms with Gasteiger partial charge in [0.2, 0.25) is 0 Å². The lowest BCUT2D eigenvalue weighted by Crippen LogP contribution is -2.22. The Kier molecular flexibility index (Phi) is 2.41. The highest BCUT2D eigenvalue weighted by atomic mass is 14.8. The molecule has 2 aromatic rings. The lowest BCUT2D eigenvalue weighted by molar-refractivity contribution is 0.339. The van der Waals surface area contributed by atoms with E-state index in [0.717, 1.165) is 5.69 Å². The number of hydrogen-bond acceptors (Lipinski definition) is 2. The van der Waals surface area contributed by atoms with Gasteiger partial charge in [0.05, 0.1) is 5.69 Å². The molecule has 1 aromatic carbocycles. The SMILES string of the molecule is c1ccc(C2CCC2c2cnccn2)cc1. The van der Waals surface area contributed by atoms with E-state index in [1.165, 1.54) is 18.4 Å². The van der Waals surface area contributed by atoms with Gasteiger partial charge in [0.1, 0.15) is 0 Å². The lowest BCUT2D eigenvalue weighted by Gasteiger charge is -2.36. The molecule has 80 valence electrons. The van der Waals surface area contributed by atoms with Gasteiger partial charge in [0.15, 0.2) is 0 Å². The highest BCUT2D eigenvalue weighted by molar-refractivity contribution is 5.27. The van der Waals surface area contributed by atoms with Crippen LogP contribution in [-0.2, 0) is 0 Å². The van der Waals surface area contributed by atoms with E-state index < -0.39 is 0 Å². The van der Waals surface area contributed by atoms with Gasteiger partial charge in [-0.25, -0.2) is 0 Å². The van der Waals surface area contributed by atoms with Gasteiger partial charge in [-0.2, -0.15) is 0 Å². The van der Waals surface area contributed by atoms with Crippen molar-refractivity contribution in [3.05, 3.63) is 60.2 Å². The minimum atomic E-state index is 0.566. The summed E-state index contributed by atoms with van der Waals surface area (Å²) in [5.41, 5.74) is 2.58. The van der Waals surface area contributed by atoms with E-state index in [2.05, 4.69) is 40.3 Å². The van der Waals surface area contributed by atoms with Gasteiger partial charge in [0.25, 0.3) is 0 Å². The Morgan fingerprint density at radius 2 is 1.75 bits per heavy atom. The Morgan fingerprint density at radius 1 is 0.938 bits per heavy atom. The van der Waals surface area contributed by atoms with Crippen LogP contribution in [0.5, 0.6) is 0 Å². The molecule has 0 radical (unpaired) electrons. The third-order valence-electron chi connectivity index (χ3n) is 3.47. The van der Waals surface area contributed by atoms with Crippen molar-refractivity contribution in [2.24, 2.45) is 0 Å². The maximum Gasteiger partial charge on any atom is 0.0623 e. The van der Waals surface area contributed by atoms with E-state index in [0.29, 0.717) is 11.8 Å². The molecule has 1 aliphatic rings. The van der Waals surface area contributed by atoms with Gasteiger partial charge in [-0.05, 0) is 24.3 Å². The van der Waals surface area contributed by atoms with Crippen molar-refractivity contribution >= 4 is 0 Å². The second kappa shape index (κ2) is 4.05. The third-order valence-corrected chi connectivity index (χ3v) is 3.47. The minimum absolute atomic E-state index is 0.566. The zero-order valence-corrected chi connectivity index (χ0v) is 9.08. The van der Waals surface area contributed by atoms with E-state index >= 15 is 0 Å². The smallest absolute Gasteiger partial charge is 0.0623 e. The fourth-order valence-corrected chi connectivity index (χ4v) is 2.46. The number of aromatic nitrogens is 2. The summed E-state index contributed by atoms with van der Waals surface area (Å²) in [4.78, 5) is 8.57. The lowest BCUT2D eigenvalue weighted by atomic mass is 9.68. The first-order chi connectivity index (χ1) is 7.95. The molecule has 1 heterocycles. The summed E-state index contributed by atoms with van der Waals surface area (Å²) in [7, 11) is 0. The summed E-state index contributed by atoms with van der Waals surface area (Å²) in [5, 5.41) is 0. The first-order valence-electron chi connectivity index (χ1n) is 5.76. The number of rotatable bonds is 2. The fraction of sp³-hybridized carbons (Fsp3) is 0.286. The molecule has 0 aliphatic heterocycles. The van der Waals surface area contributed by atoms with Crippen LogP contribution in [0.3, 0.4) is 0 Å². The molecule has 0 N–H and O–H groups in total. The molecule has 1 fully saturated rings. The van der Waals surface area contributed by atoms with Crippen LogP contribution in [0.2, 0.25) is 0 Å². The highest BCUT2D eigenvalue weighted by Gasteiger charge is 2.34. The van der Waals surface area contributed by atoms with Gasteiger partial charge < -0.3 is 0 Å². The van der Waals surface area contributed by atoms with Crippen LogP contribution in [0.4, 0.5) is 0 Å². The molecule has 0 saturated heterocycles. The van der Waals surface area contributed by atoms with Crippen LogP contribution in [0, 0.1) is 0 Å². The Labute approximate surface area is 95.4 Å². The monoisotopic (exact) mass is 210 g/mol. The molecule has 0 bridgehead atoms. The van der Waals surface area contributed by atoms with Crippen molar-refractivity contribution in [2.75, 3.05) is 0 Å². The van der Waals surface area contributed by atoms with Crippen LogP contribution >= 0.6 is 0 Å². The summed E-state index contributed by atoms with van der Waals surface area (Å²) in [6, 6.07) is 10.7. The molecule has 2 nitrogen and oxygen atoms in total. The molecule has 2 heteroatoms. The van der Waals surface area contributed by atoms with Crippen molar-refractivity contribution in [1.29, 1.82) is 0 Å². The Balaban J connectivity index is 1.85. The molecule has 2 unspecified atom stereocenters. The van der Waals surface area contributed by atoms with Crippen molar-refractivity contribution < 1.29 is 0 Å². The minimum Gasteiger partial charge on any atom is -0.261 e. The van der Waals surface area contributed by atoms with Crippen molar-refractivity contribution in [3.8, 4) is 0 Å². The number of nitrogens with zero attached hydrogens (tertiary/aromatic N) is 2. The zero-order valence-electron chi connectivity index (χ0n) is 9.08. The van der Waals surface area contributed by atoms with Crippen LogP contribution in [0.15, 0.2) is 48.9 Å². The fourth-order valence-electron chi connectivity index (χ4n) is 2.46. The van der Waals surface area contributed by atoms with E-state index in [4.69, 9.17) is 0 Å². The van der Waals surface area contributed by atoms with Crippen molar-refractivity contribution in [3.63, 3.8) is 0 Å².